The Morgan fingerprint density at radius 1 is 1.10 bits per heavy atom. The third-order valence-electron chi connectivity index (χ3n) is 6.95. The maximum absolute atomic E-state index is 11.8. The van der Waals surface area contributed by atoms with Gasteiger partial charge in [0.15, 0.2) is 6.29 Å². The summed E-state index contributed by atoms with van der Waals surface area (Å²) in [5, 5.41) is 0. The maximum Gasteiger partial charge on any atom is 0.157 e. The van der Waals surface area contributed by atoms with Gasteiger partial charge in [0.2, 0.25) is 0 Å². The highest BCUT2D eigenvalue weighted by molar-refractivity contribution is 5.57. The molecular weight excluding hydrogens is 376 g/mol. The summed E-state index contributed by atoms with van der Waals surface area (Å²) in [5.74, 6) is 0.985. The van der Waals surface area contributed by atoms with Crippen molar-refractivity contribution in [3.8, 4) is 0 Å². The number of hydrogen-bond acceptors (Lipinski definition) is 4. The molecule has 30 heavy (non-hydrogen) atoms. The molecule has 1 saturated heterocycles. The highest BCUT2D eigenvalue weighted by Crippen LogP contribution is 2.48. The van der Waals surface area contributed by atoms with Crippen LogP contribution in [-0.2, 0) is 25.6 Å². The second-order valence-corrected chi connectivity index (χ2v) is 9.13. The van der Waals surface area contributed by atoms with Crippen molar-refractivity contribution in [3.63, 3.8) is 0 Å². The van der Waals surface area contributed by atoms with E-state index < -0.39 is 0 Å². The summed E-state index contributed by atoms with van der Waals surface area (Å²) in [6.45, 7) is 2.32. The molecule has 1 aromatic carbocycles. The molecule has 0 aromatic heterocycles. The van der Waals surface area contributed by atoms with Gasteiger partial charge in [0, 0.05) is 19.1 Å². The summed E-state index contributed by atoms with van der Waals surface area (Å²) >= 11 is 0. The molecule has 4 heteroatoms. The number of carbonyl (C=O) groups excluding carboxylic acids is 1. The first kappa shape index (κ1) is 21.7. The fourth-order valence-corrected chi connectivity index (χ4v) is 5.34. The quantitative estimate of drug-likeness (QED) is 0.275. The smallest absolute Gasteiger partial charge is 0.157 e. The van der Waals surface area contributed by atoms with Gasteiger partial charge < -0.3 is 19.0 Å². The molecule has 0 bridgehead atoms. The summed E-state index contributed by atoms with van der Waals surface area (Å²) < 4.78 is 17.7. The predicted molar refractivity (Wildman–Crippen MR) is 117 cm³/mol. The molecule has 1 saturated carbocycles. The van der Waals surface area contributed by atoms with E-state index in [0.717, 1.165) is 64.4 Å². The minimum absolute atomic E-state index is 0.0284. The number of aldehydes is 1. The lowest BCUT2D eigenvalue weighted by atomic mass is 9.90. The van der Waals surface area contributed by atoms with Gasteiger partial charge in [-0.25, -0.2) is 0 Å². The normalized spacial score (nSPS) is 30.8. The lowest BCUT2D eigenvalue weighted by Gasteiger charge is -2.28. The Balaban J connectivity index is 1.12. The molecule has 0 spiro atoms. The van der Waals surface area contributed by atoms with E-state index in [1.165, 1.54) is 18.4 Å². The summed E-state index contributed by atoms with van der Waals surface area (Å²) in [4.78, 5) is 11.8. The van der Waals surface area contributed by atoms with Crippen molar-refractivity contribution in [2.75, 3.05) is 13.2 Å². The summed E-state index contributed by atoms with van der Waals surface area (Å²) in [6, 6.07) is 10.3. The Morgan fingerprint density at radius 3 is 2.80 bits per heavy atom. The number of fused-ring (bicyclic) bond motifs is 1. The lowest BCUT2D eigenvalue weighted by Crippen LogP contribution is -2.32. The average Bonchev–Trinajstić information content (AvgIpc) is 3.31. The Morgan fingerprint density at radius 2 is 2.00 bits per heavy atom. The van der Waals surface area contributed by atoms with Crippen LogP contribution in [0.1, 0.15) is 63.4 Å². The van der Waals surface area contributed by atoms with Crippen LogP contribution < -0.4 is 0 Å². The molecule has 1 unspecified atom stereocenters. The zero-order chi connectivity index (χ0) is 20.6. The van der Waals surface area contributed by atoms with Gasteiger partial charge in [0.05, 0.1) is 12.7 Å². The van der Waals surface area contributed by atoms with Crippen molar-refractivity contribution in [3.05, 3.63) is 47.5 Å². The molecule has 1 aliphatic heterocycles. The number of carbonyl (C=O) groups is 1. The van der Waals surface area contributed by atoms with Gasteiger partial charge in [-0.15, -0.1) is 0 Å². The van der Waals surface area contributed by atoms with Crippen LogP contribution in [0.2, 0.25) is 0 Å². The molecular formula is C26H36O4. The molecule has 0 amide bonds. The molecule has 3 aliphatic rings. The van der Waals surface area contributed by atoms with Crippen LogP contribution in [0.15, 0.2) is 42.0 Å². The standard InChI is InChI=1S/C26H36O4/c27-18-24-23-16-21(11-5-2-7-13-28-19-20-9-3-1-4-10-20)15-22(23)17-25(24)30-26-12-6-8-14-29-26/h1,3-4,9-10,15,18,22-26H,2,5-8,11-14,16-17,19H2/t22-,23-,24+,25+,26?/m1/s1. The zero-order valence-corrected chi connectivity index (χ0v) is 18.0. The van der Waals surface area contributed by atoms with E-state index in [2.05, 4.69) is 30.3 Å². The van der Waals surface area contributed by atoms with Crippen LogP contribution in [0, 0.1) is 17.8 Å². The van der Waals surface area contributed by atoms with Gasteiger partial charge in [-0.1, -0.05) is 48.4 Å². The second-order valence-electron chi connectivity index (χ2n) is 9.13. The van der Waals surface area contributed by atoms with Crippen LogP contribution in [0.3, 0.4) is 0 Å². The van der Waals surface area contributed by atoms with Crippen LogP contribution >= 0.6 is 0 Å². The van der Waals surface area contributed by atoms with Crippen LogP contribution in [0.4, 0.5) is 0 Å². The van der Waals surface area contributed by atoms with Gasteiger partial charge >= 0.3 is 0 Å². The number of allylic oxidation sites excluding steroid dienone is 2. The SMILES string of the molecule is O=C[C@H]1[C@@H]2CC(CCCCCOCc3ccccc3)=C[C@@H]2C[C@@H]1OC1CCCCO1. The second kappa shape index (κ2) is 11.2. The van der Waals surface area contributed by atoms with Crippen LogP contribution in [0.5, 0.6) is 0 Å². The summed E-state index contributed by atoms with van der Waals surface area (Å²) in [6.07, 6.45) is 13.5. The molecule has 4 nitrogen and oxygen atoms in total. The molecule has 0 N–H and O–H groups in total. The Bertz CT molecular complexity index is 680. The first-order chi connectivity index (χ1) is 14.8. The molecule has 2 fully saturated rings. The maximum atomic E-state index is 11.8. The number of rotatable bonds is 11. The monoisotopic (exact) mass is 412 g/mol. The largest absolute Gasteiger partial charge is 0.377 e. The third kappa shape index (κ3) is 5.81. The summed E-state index contributed by atoms with van der Waals surface area (Å²) in [5.41, 5.74) is 2.79. The van der Waals surface area contributed by atoms with Crippen molar-refractivity contribution in [1.29, 1.82) is 0 Å². The van der Waals surface area contributed by atoms with Crippen LogP contribution in [0.25, 0.3) is 0 Å². The fraction of sp³-hybridized carbons (Fsp3) is 0.654. The molecule has 1 heterocycles. The van der Waals surface area contributed by atoms with Gasteiger partial charge in [0.25, 0.3) is 0 Å². The Labute approximate surface area is 181 Å². The first-order valence-corrected chi connectivity index (χ1v) is 11.9. The Kier molecular flexibility index (Phi) is 8.13. The number of hydrogen-bond donors (Lipinski definition) is 0. The third-order valence-corrected chi connectivity index (χ3v) is 6.95. The first-order valence-electron chi connectivity index (χ1n) is 11.9. The molecule has 164 valence electrons. The molecule has 2 aliphatic carbocycles. The van der Waals surface area contributed by atoms with E-state index in [1.54, 1.807) is 5.57 Å². The number of benzene rings is 1. The predicted octanol–water partition coefficient (Wildman–Crippen LogP) is 5.46. The minimum Gasteiger partial charge on any atom is -0.377 e. The Hall–Kier alpha value is -1.49. The van der Waals surface area contributed by atoms with Crippen molar-refractivity contribution in [1.82, 2.24) is 0 Å². The van der Waals surface area contributed by atoms with Gasteiger partial charge in [-0.3, -0.25) is 0 Å². The van der Waals surface area contributed by atoms with Crippen molar-refractivity contribution in [2.45, 2.75) is 76.8 Å². The fourth-order valence-electron chi connectivity index (χ4n) is 5.34. The zero-order valence-electron chi connectivity index (χ0n) is 18.0. The van der Waals surface area contributed by atoms with Gasteiger partial charge in [-0.2, -0.15) is 0 Å². The minimum atomic E-state index is -0.0995. The van der Waals surface area contributed by atoms with E-state index in [0.29, 0.717) is 18.4 Å². The molecule has 1 aromatic rings. The van der Waals surface area contributed by atoms with E-state index in [-0.39, 0.29) is 18.3 Å². The molecule has 4 rings (SSSR count). The molecule has 0 radical (unpaired) electrons. The van der Waals surface area contributed by atoms with E-state index in [9.17, 15) is 4.79 Å². The lowest BCUT2D eigenvalue weighted by molar-refractivity contribution is -0.194. The number of ether oxygens (including phenoxy) is 3. The highest BCUT2D eigenvalue weighted by atomic mass is 16.7. The van der Waals surface area contributed by atoms with E-state index in [1.807, 2.05) is 6.07 Å². The summed E-state index contributed by atoms with van der Waals surface area (Å²) in [7, 11) is 0. The average molecular weight is 413 g/mol. The van der Waals surface area contributed by atoms with E-state index in [4.69, 9.17) is 14.2 Å². The van der Waals surface area contributed by atoms with Crippen LogP contribution in [-0.4, -0.2) is 31.9 Å². The van der Waals surface area contributed by atoms with Crippen molar-refractivity contribution < 1.29 is 19.0 Å². The highest BCUT2D eigenvalue weighted by Gasteiger charge is 2.46. The van der Waals surface area contributed by atoms with Gasteiger partial charge in [0.1, 0.15) is 6.29 Å². The van der Waals surface area contributed by atoms with Gasteiger partial charge in [-0.05, 0) is 68.8 Å². The molecule has 5 atom stereocenters. The van der Waals surface area contributed by atoms with Crippen molar-refractivity contribution in [2.24, 2.45) is 17.8 Å². The van der Waals surface area contributed by atoms with E-state index >= 15 is 0 Å². The van der Waals surface area contributed by atoms with Crippen molar-refractivity contribution >= 4 is 6.29 Å². The number of unbranched alkanes of at least 4 members (excludes halogenated alkanes) is 2. The topological polar surface area (TPSA) is 44.8 Å².